The second kappa shape index (κ2) is 6.14. The van der Waals surface area contributed by atoms with Gasteiger partial charge in [-0.2, -0.15) is 5.01 Å². The quantitative estimate of drug-likeness (QED) is 0.585. The average molecular weight is 255 g/mol. The van der Waals surface area contributed by atoms with Gasteiger partial charge in [0.25, 0.3) is 0 Å². The summed E-state index contributed by atoms with van der Waals surface area (Å²) in [5.41, 5.74) is 2.71. The van der Waals surface area contributed by atoms with Gasteiger partial charge in [-0.3, -0.25) is 5.43 Å². The Morgan fingerprint density at radius 3 is 2.40 bits per heavy atom. The fraction of sp³-hybridized carbons (Fsp3) is 0.571. The largest absolute Gasteiger partial charge is 0.395 e. The van der Waals surface area contributed by atoms with Crippen molar-refractivity contribution in [2.45, 2.75) is 0 Å². The zero-order chi connectivity index (χ0) is 11.3. The van der Waals surface area contributed by atoms with Gasteiger partial charge in [-0.25, -0.2) is 0 Å². The summed E-state index contributed by atoms with van der Waals surface area (Å²) >= 11 is 11.4. The van der Waals surface area contributed by atoms with Crippen molar-refractivity contribution < 1.29 is 10.2 Å². The van der Waals surface area contributed by atoms with E-state index in [1.807, 2.05) is 0 Å². The van der Waals surface area contributed by atoms with E-state index < -0.39 is 0 Å². The smallest absolute Gasteiger partial charge is 0.155 e. The molecule has 86 valence electrons. The van der Waals surface area contributed by atoms with E-state index in [1.165, 1.54) is 11.3 Å². The summed E-state index contributed by atoms with van der Waals surface area (Å²) in [6.07, 6.45) is 1.45. The molecule has 0 radical (unpaired) electrons. The highest BCUT2D eigenvalue weighted by Crippen LogP contribution is 2.10. The highest BCUT2D eigenvalue weighted by molar-refractivity contribution is 6.69. The van der Waals surface area contributed by atoms with Gasteiger partial charge in [-0.05, 0) is 0 Å². The second-order valence-electron chi connectivity index (χ2n) is 2.72. The Bertz CT molecular complexity index is 266. The first-order valence-corrected chi connectivity index (χ1v) is 5.07. The minimum Gasteiger partial charge on any atom is -0.395 e. The van der Waals surface area contributed by atoms with E-state index in [0.717, 1.165) is 0 Å². The van der Waals surface area contributed by atoms with Crippen molar-refractivity contribution in [2.75, 3.05) is 26.3 Å². The highest BCUT2D eigenvalue weighted by Gasteiger charge is 2.17. The summed E-state index contributed by atoms with van der Waals surface area (Å²) < 4.78 is 0. The molecule has 1 rings (SSSR count). The van der Waals surface area contributed by atoms with E-state index in [0.29, 0.717) is 18.2 Å². The summed E-state index contributed by atoms with van der Waals surface area (Å²) in [6, 6.07) is 0. The minimum absolute atomic E-state index is 0.0628. The van der Waals surface area contributed by atoms with Gasteiger partial charge in [0.2, 0.25) is 0 Å². The maximum absolute atomic E-state index is 8.82. The van der Waals surface area contributed by atoms with Crippen LogP contribution in [-0.2, 0) is 0 Å². The van der Waals surface area contributed by atoms with Crippen molar-refractivity contribution in [3.63, 3.8) is 0 Å². The average Bonchev–Trinajstić information content (AvgIpc) is 2.16. The molecule has 0 fully saturated rings. The van der Waals surface area contributed by atoms with Crippen molar-refractivity contribution >= 4 is 28.4 Å². The molecule has 0 saturated carbocycles. The second-order valence-corrected chi connectivity index (χ2v) is 3.51. The Labute approximate surface area is 97.3 Å². The van der Waals surface area contributed by atoms with Crippen molar-refractivity contribution in [2.24, 2.45) is 5.10 Å². The Hall–Kier alpha value is -0.530. The van der Waals surface area contributed by atoms with Crippen LogP contribution in [0.2, 0.25) is 0 Å². The van der Waals surface area contributed by atoms with Gasteiger partial charge in [-0.1, -0.05) is 23.2 Å². The third-order valence-corrected chi connectivity index (χ3v) is 2.01. The third-order valence-electron chi connectivity index (χ3n) is 1.63. The van der Waals surface area contributed by atoms with Crippen molar-refractivity contribution in [1.82, 2.24) is 15.7 Å². The molecule has 0 unspecified atom stereocenters. The molecule has 0 aromatic carbocycles. The summed E-state index contributed by atoms with van der Waals surface area (Å²) in [5, 5.41) is 24.9. The van der Waals surface area contributed by atoms with E-state index >= 15 is 0 Å². The van der Waals surface area contributed by atoms with Crippen LogP contribution < -0.4 is 5.43 Å². The maximum Gasteiger partial charge on any atom is 0.155 e. The maximum atomic E-state index is 8.82. The first kappa shape index (κ1) is 12.5. The molecule has 15 heavy (non-hydrogen) atoms. The number of allylic oxidation sites excluding steroid dienone is 1. The molecule has 0 aromatic heterocycles. The van der Waals surface area contributed by atoms with Crippen LogP contribution in [0.5, 0.6) is 0 Å². The van der Waals surface area contributed by atoms with Crippen LogP contribution in [0.15, 0.2) is 16.3 Å². The number of nitrogens with zero attached hydrogens (tertiary/aromatic N) is 3. The fourth-order valence-corrected chi connectivity index (χ4v) is 1.46. The van der Waals surface area contributed by atoms with Crippen LogP contribution in [0.4, 0.5) is 0 Å². The van der Waals surface area contributed by atoms with Gasteiger partial charge < -0.3 is 10.2 Å². The fourth-order valence-electron chi connectivity index (χ4n) is 1.04. The molecule has 0 bridgehead atoms. The monoisotopic (exact) mass is 254 g/mol. The summed E-state index contributed by atoms with van der Waals surface area (Å²) in [7, 11) is 0. The Morgan fingerprint density at radius 2 is 1.93 bits per heavy atom. The molecule has 0 aromatic rings. The highest BCUT2D eigenvalue weighted by atomic mass is 35.5. The number of aliphatic hydroxyl groups is 2. The van der Waals surface area contributed by atoms with E-state index in [2.05, 4.69) is 10.5 Å². The first-order valence-electron chi connectivity index (χ1n) is 4.32. The molecule has 0 spiro atoms. The minimum atomic E-state index is -0.0628. The van der Waals surface area contributed by atoms with Crippen molar-refractivity contribution in [3.8, 4) is 0 Å². The zero-order valence-electron chi connectivity index (χ0n) is 7.90. The molecule has 0 atom stereocenters. The zero-order valence-corrected chi connectivity index (χ0v) is 9.41. The molecule has 3 N–H and O–H groups in total. The van der Waals surface area contributed by atoms with Gasteiger partial charge in [0, 0.05) is 19.2 Å². The predicted molar refractivity (Wildman–Crippen MR) is 57.9 cm³/mol. The lowest BCUT2D eigenvalue weighted by Gasteiger charge is -2.33. The molecule has 0 saturated heterocycles. The van der Waals surface area contributed by atoms with Gasteiger partial charge >= 0.3 is 0 Å². The number of halogens is 2. The van der Waals surface area contributed by atoms with Crippen LogP contribution in [0.3, 0.4) is 0 Å². The SMILES string of the molecule is OCCN(CCO)N1N=C(Cl)C=C(Cl)N1. The van der Waals surface area contributed by atoms with Gasteiger partial charge in [0.1, 0.15) is 5.16 Å². The number of hydrogen-bond acceptors (Lipinski definition) is 6. The third kappa shape index (κ3) is 3.84. The van der Waals surface area contributed by atoms with Gasteiger partial charge in [-0.15, -0.1) is 10.3 Å². The summed E-state index contributed by atoms with van der Waals surface area (Å²) in [4.78, 5) is 0. The molecular formula is C7H12Cl2N4O2. The van der Waals surface area contributed by atoms with Gasteiger partial charge in [0.05, 0.1) is 13.2 Å². The molecular weight excluding hydrogens is 243 g/mol. The first-order chi connectivity index (χ1) is 7.17. The molecule has 1 aliphatic heterocycles. The molecule has 0 amide bonds. The summed E-state index contributed by atoms with van der Waals surface area (Å²) in [6.45, 7) is 0.496. The van der Waals surface area contributed by atoms with E-state index in [1.54, 1.807) is 5.01 Å². The van der Waals surface area contributed by atoms with Crippen LogP contribution in [0.1, 0.15) is 0 Å². The molecule has 0 aliphatic carbocycles. The lowest BCUT2D eigenvalue weighted by Crippen LogP contribution is -2.50. The molecule has 6 nitrogen and oxygen atoms in total. The predicted octanol–water partition coefficient (Wildman–Crippen LogP) is -0.359. The number of hydrogen-bond donors (Lipinski definition) is 3. The van der Waals surface area contributed by atoms with Crippen molar-refractivity contribution in [3.05, 3.63) is 11.2 Å². The number of hydrazine groups is 2. The number of nitrogens with one attached hydrogen (secondary N) is 1. The standard InChI is InChI=1S/C7H12Cl2N4O2/c8-6-5-7(9)11-13(10-6)12(1-3-14)2-4-15/h5,10,14-15H,1-4H2. The Kier molecular flexibility index (Phi) is 5.13. The van der Waals surface area contributed by atoms with Crippen LogP contribution in [0, 0.1) is 0 Å². The normalized spacial score (nSPS) is 16.2. The topological polar surface area (TPSA) is 71.3 Å². The van der Waals surface area contributed by atoms with Crippen LogP contribution in [-0.4, -0.2) is 51.9 Å². The van der Waals surface area contributed by atoms with Gasteiger partial charge in [0.15, 0.2) is 5.17 Å². The number of rotatable bonds is 5. The Morgan fingerprint density at radius 1 is 1.33 bits per heavy atom. The number of hydrazone groups is 1. The lowest BCUT2D eigenvalue weighted by atomic mass is 10.6. The molecule has 1 aliphatic rings. The van der Waals surface area contributed by atoms with Crippen molar-refractivity contribution in [1.29, 1.82) is 0 Å². The van der Waals surface area contributed by atoms with E-state index in [4.69, 9.17) is 33.4 Å². The van der Waals surface area contributed by atoms with Crippen LogP contribution >= 0.6 is 23.2 Å². The molecule has 8 heteroatoms. The summed E-state index contributed by atoms with van der Waals surface area (Å²) in [5.74, 6) is 0. The van der Waals surface area contributed by atoms with E-state index in [-0.39, 0.29) is 18.4 Å². The number of aliphatic hydroxyl groups excluding tert-OH is 2. The lowest BCUT2D eigenvalue weighted by molar-refractivity contribution is -0.0738. The Balaban J connectivity index is 2.64. The van der Waals surface area contributed by atoms with Crippen LogP contribution in [0.25, 0.3) is 0 Å². The van der Waals surface area contributed by atoms with E-state index in [9.17, 15) is 0 Å². The molecule has 1 heterocycles.